The van der Waals surface area contributed by atoms with Crippen molar-refractivity contribution in [3.05, 3.63) is 16.6 Å². The van der Waals surface area contributed by atoms with Crippen LogP contribution in [0.4, 0.5) is 0 Å². The van der Waals surface area contributed by atoms with Gasteiger partial charge in [-0.05, 0) is 6.42 Å². The number of carboxylic acids is 1. The molecule has 0 aliphatic carbocycles. The highest BCUT2D eigenvalue weighted by Gasteiger charge is 2.17. The molecule has 0 bridgehead atoms. The first-order valence-corrected chi connectivity index (χ1v) is 5.28. The van der Waals surface area contributed by atoms with Gasteiger partial charge in [-0.3, -0.25) is 4.79 Å². The van der Waals surface area contributed by atoms with Crippen LogP contribution >= 0.6 is 11.3 Å². The summed E-state index contributed by atoms with van der Waals surface area (Å²) in [6, 6.07) is 0. The molecule has 1 rings (SSSR count). The van der Waals surface area contributed by atoms with E-state index >= 15 is 0 Å². The standard InChI is InChI=1S/C9H13NO2S/c1-2-3-7(9(11)12)4-8-5-13-6-10-8/h5-7H,2-4H2,1H3,(H,11,12). The molecule has 1 N–H and O–H groups in total. The highest BCUT2D eigenvalue weighted by Crippen LogP contribution is 2.14. The molecule has 0 saturated heterocycles. The van der Waals surface area contributed by atoms with Gasteiger partial charge in [0.1, 0.15) is 0 Å². The van der Waals surface area contributed by atoms with E-state index in [2.05, 4.69) is 4.98 Å². The molecular weight excluding hydrogens is 186 g/mol. The predicted octanol–water partition coefficient (Wildman–Crippen LogP) is 2.19. The van der Waals surface area contributed by atoms with Gasteiger partial charge in [0, 0.05) is 11.8 Å². The number of rotatable bonds is 5. The Kier molecular flexibility index (Phi) is 3.89. The predicted molar refractivity (Wildman–Crippen MR) is 51.9 cm³/mol. The number of hydrogen-bond donors (Lipinski definition) is 1. The Morgan fingerprint density at radius 2 is 2.54 bits per heavy atom. The first-order chi connectivity index (χ1) is 6.24. The van der Waals surface area contributed by atoms with Crippen LogP contribution in [0.5, 0.6) is 0 Å². The minimum Gasteiger partial charge on any atom is -0.481 e. The van der Waals surface area contributed by atoms with E-state index in [-0.39, 0.29) is 5.92 Å². The molecule has 1 aromatic heterocycles. The number of thiazole rings is 1. The van der Waals surface area contributed by atoms with E-state index in [1.165, 1.54) is 11.3 Å². The molecule has 0 fully saturated rings. The number of carbonyl (C=O) groups is 1. The van der Waals surface area contributed by atoms with Gasteiger partial charge in [0.05, 0.1) is 17.1 Å². The van der Waals surface area contributed by atoms with Gasteiger partial charge in [0.15, 0.2) is 0 Å². The van der Waals surface area contributed by atoms with Gasteiger partial charge in [0.25, 0.3) is 0 Å². The summed E-state index contributed by atoms with van der Waals surface area (Å²) in [6.07, 6.45) is 2.20. The smallest absolute Gasteiger partial charge is 0.306 e. The number of nitrogens with zero attached hydrogens (tertiary/aromatic N) is 1. The van der Waals surface area contributed by atoms with E-state index in [4.69, 9.17) is 5.11 Å². The molecule has 0 aliphatic heterocycles. The van der Waals surface area contributed by atoms with Gasteiger partial charge < -0.3 is 5.11 Å². The van der Waals surface area contributed by atoms with Crippen LogP contribution < -0.4 is 0 Å². The van der Waals surface area contributed by atoms with Crippen molar-refractivity contribution < 1.29 is 9.90 Å². The maximum Gasteiger partial charge on any atom is 0.306 e. The topological polar surface area (TPSA) is 50.2 Å². The van der Waals surface area contributed by atoms with Crippen molar-refractivity contribution in [1.82, 2.24) is 4.98 Å². The zero-order valence-corrected chi connectivity index (χ0v) is 8.38. The summed E-state index contributed by atoms with van der Waals surface area (Å²) in [7, 11) is 0. The summed E-state index contributed by atoms with van der Waals surface area (Å²) in [4.78, 5) is 14.9. The van der Waals surface area contributed by atoms with Crippen LogP contribution in [-0.4, -0.2) is 16.1 Å². The first kappa shape index (κ1) is 10.2. The van der Waals surface area contributed by atoms with Gasteiger partial charge >= 0.3 is 5.97 Å². The molecule has 1 heterocycles. The van der Waals surface area contributed by atoms with Gasteiger partial charge in [-0.15, -0.1) is 11.3 Å². The Bertz CT molecular complexity index is 259. The Morgan fingerprint density at radius 3 is 3.00 bits per heavy atom. The van der Waals surface area contributed by atoms with Gasteiger partial charge in [-0.1, -0.05) is 13.3 Å². The third kappa shape index (κ3) is 3.14. The fraction of sp³-hybridized carbons (Fsp3) is 0.556. The minimum absolute atomic E-state index is 0.271. The summed E-state index contributed by atoms with van der Waals surface area (Å²) >= 11 is 1.51. The van der Waals surface area contributed by atoms with Crippen LogP contribution in [0.15, 0.2) is 10.9 Å². The van der Waals surface area contributed by atoms with E-state index in [1.54, 1.807) is 5.51 Å². The maximum atomic E-state index is 10.8. The largest absolute Gasteiger partial charge is 0.481 e. The number of aromatic nitrogens is 1. The Morgan fingerprint density at radius 1 is 1.77 bits per heavy atom. The quantitative estimate of drug-likeness (QED) is 0.790. The molecule has 0 radical (unpaired) electrons. The number of carboxylic acid groups (broad SMARTS) is 1. The van der Waals surface area contributed by atoms with Gasteiger partial charge in [-0.2, -0.15) is 0 Å². The van der Waals surface area contributed by atoms with Crippen molar-refractivity contribution in [2.45, 2.75) is 26.2 Å². The number of aliphatic carboxylic acids is 1. The molecule has 1 atom stereocenters. The molecule has 0 aromatic carbocycles. The second-order valence-electron chi connectivity index (χ2n) is 3.01. The summed E-state index contributed by atoms with van der Waals surface area (Å²) in [5.41, 5.74) is 2.63. The zero-order chi connectivity index (χ0) is 9.68. The Labute approximate surface area is 81.4 Å². The van der Waals surface area contributed by atoms with E-state index in [0.717, 1.165) is 18.5 Å². The fourth-order valence-corrected chi connectivity index (χ4v) is 1.82. The van der Waals surface area contributed by atoms with E-state index in [1.807, 2.05) is 12.3 Å². The van der Waals surface area contributed by atoms with Crippen LogP contribution in [0, 0.1) is 5.92 Å². The van der Waals surface area contributed by atoms with Crippen molar-refractivity contribution in [2.75, 3.05) is 0 Å². The lowest BCUT2D eigenvalue weighted by molar-refractivity contribution is -0.141. The Hall–Kier alpha value is -0.900. The maximum absolute atomic E-state index is 10.8. The van der Waals surface area contributed by atoms with Crippen molar-refractivity contribution in [3.63, 3.8) is 0 Å². The molecule has 3 nitrogen and oxygen atoms in total. The lowest BCUT2D eigenvalue weighted by atomic mass is 9.99. The molecule has 0 saturated carbocycles. The molecular formula is C9H13NO2S. The van der Waals surface area contributed by atoms with E-state index < -0.39 is 5.97 Å². The lowest BCUT2D eigenvalue weighted by Gasteiger charge is -2.08. The summed E-state index contributed by atoms with van der Waals surface area (Å²) in [5, 5.41) is 10.8. The van der Waals surface area contributed by atoms with Crippen LogP contribution in [0.1, 0.15) is 25.5 Å². The average Bonchev–Trinajstić information content (AvgIpc) is 2.56. The van der Waals surface area contributed by atoms with Crippen molar-refractivity contribution >= 4 is 17.3 Å². The zero-order valence-electron chi connectivity index (χ0n) is 7.56. The highest BCUT2D eigenvalue weighted by molar-refractivity contribution is 7.07. The molecule has 13 heavy (non-hydrogen) atoms. The molecule has 1 unspecified atom stereocenters. The second-order valence-corrected chi connectivity index (χ2v) is 3.73. The van der Waals surface area contributed by atoms with Crippen molar-refractivity contribution in [2.24, 2.45) is 5.92 Å². The number of hydrogen-bond acceptors (Lipinski definition) is 3. The summed E-state index contributed by atoms with van der Waals surface area (Å²) in [6.45, 7) is 2.00. The minimum atomic E-state index is -0.713. The van der Waals surface area contributed by atoms with Gasteiger partial charge in [0.2, 0.25) is 0 Å². The van der Waals surface area contributed by atoms with E-state index in [0.29, 0.717) is 6.42 Å². The third-order valence-electron chi connectivity index (χ3n) is 1.93. The van der Waals surface area contributed by atoms with Gasteiger partial charge in [-0.25, -0.2) is 4.98 Å². The van der Waals surface area contributed by atoms with Crippen LogP contribution in [-0.2, 0) is 11.2 Å². The van der Waals surface area contributed by atoms with Crippen LogP contribution in [0.3, 0.4) is 0 Å². The second kappa shape index (κ2) is 4.97. The summed E-state index contributed by atoms with van der Waals surface area (Å²) < 4.78 is 0. The SMILES string of the molecule is CCCC(Cc1cscn1)C(=O)O. The molecule has 1 aromatic rings. The van der Waals surface area contributed by atoms with Crippen LogP contribution in [0.25, 0.3) is 0 Å². The van der Waals surface area contributed by atoms with E-state index in [9.17, 15) is 4.79 Å². The molecule has 0 spiro atoms. The monoisotopic (exact) mass is 199 g/mol. The first-order valence-electron chi connectivity index (χ1n) is 4.34. The highest BCUT2D eigenvalue weighted by atomic mass is 32.1. The van der Waals surface area contributed by atoms with Crippen LogP contribution in [0.2, 0.25) is 0 Å². The van der Waals surface area contributed by atoms with Crippen molar-refractivity contribution in [1.29, 1.82) is 0 Å². The third-order valence-corrected chi connectivity index (χ3v) is 2.56. The lowest BCUT2D eigenvalue weighted by Crippen LogP contribution is -2.16. The normalized spacial score (nSPS) is 12.7. The Balaban J connectivity index is 2.52. The molecule has 0 amide bonds. The molecule has 72 valence electrons. The fourth-order valence-electron chi connectivity index (χ4n) is 1.25. The van der Waals surface area contributed by atoms with Crippen molar-refractivity contribution in [3.8, 4) is 0 Å². The summed E-state index contributed by atoms with van der Waals surface area (Å²) in [5.74, 6) is -0.984. The molecule has 0 aliphatic rings. The molecule has 4 heteroatoms. The average molecular weight is 199 g/mol.